The number of fused-ring (bicyclic) bond motifs is 1. The summed E-state index contributed by atoms with van der Waals surface area (Å²) in [6.07, 6.45) is 4.70. The summed E-state index contributed by atoms with van der Waals surface area (Å²) in [6, 6.07) is 7.00. The quantitative estimate of drug-likeness (QED) is 0.362. The van der Waals surface area contributed by atoms with Crippen LogP contribution in [-0.4, -0.2) is 15.0 Å². The molecule has 0 aromatic heterocycles. The predicted molar refractivity (Wildman–Crippen MR) is 76.3 cm³/mol. The van der Waals surface area contributed by atoms with Gasteiger partial charge in [0.15, 0.2) is 0 Å². The first-order valence-corrected chi connectivity index (χ1v) is 7.71. The number of thioether (sulfide) groups is 1. The van der Waals surface area contributed by atoms with Gasteiger partial charge >= 0.3 is 0 Å². The third-order valence-electron chi connectivity index (χ3n) is 3.57. The lowest BCUT2D eigenvalue weighted by Gasteiger charge is -2.25. The van der Waals surface area contributed by atoms with Crippen molar-refractivity contribution in [3.8, 4) is 0 Å². The summed E-state index contributed by atoms with van der Waals surface area (Å²) in [5.41, 5.74) is 1.66. The van der Waals surface area contributed by atoms with Crippen molar-refractivity contribution in [2.24, 2.45) is 5.92 Å². The molecule has 1 aromatic carbocycles. The van der Waals surface area contributed by atoms with E-state index in [9.17, 15) is 10.1 Å². The minimum Gasteiger partial charge on any atom is -0.258 e. The van der Waals surface area contributed by atoms with Gasteiger partial charge in [-0.25, -0.2) is 0 Å². The summed E-state index contributed by atoms with van der Waals surface area (Å²) in [4.78, 5) is 11.9. The predicted octanol–water partition coefficient (Wildman–Crippen LogP) is 4.17. The van der Waals surface area contributed by atoms with Crippen LogP contribution >= 0.6 is 27.7 Å². The molecule has 0 unspecified atom stereocenters. The summed E-state index contributed by atoms with van der Waals surface area (Å²) in [5.74, 6) is 0.611. The van der Waals surface area contributed by atoms with Crippen LogP contribution in [0.2, 0.25) is 0 Å². The smallest absolute Gasteiger partial charge is 0.258 e. The SMILES string of the molecule is O=[N+]([O-])c1ccccc1S[C@H]1C2=C[C@@H](CC2)[C@H]1Br. The lowest BCUT2D eigenvalue weighted by atomic mass is 9.99. The second-order valence-corrected chi connectivity index (χ2v) is 6.89. The van der Waals surface area contributed by atoms with Crippen molar-refractivity contribution in [3.63, 3.8) is 0 Å². The molecule has 94 valence electrons. The molecule has 3 atom stereocenters. The van der Waals surface area contributed by atoms with Crippen LogP contribution in [0.1, 0.15) is 12.8 Å². The topological polar surface area (TPSA) is 43.1 Å². The number of benzene rings is 1. The Morgan fingerprint density at radius 2 is 2.17 bits per heavy atom. The Bertz CT molecular complexity index is 531. The number of nitro groups is 1. The molecule has 18 heavy (non-hydrogen) atoms. The maximum Gasteiger partial charge on any atom is 0.282 e. The van der Waals surface area contributed by atoms with Crippen LogP contribution in [0.25, 0.3) is 0 Å². The first-order chi connectivity index (χ1) is 8.66. The number of hydrogen-bond donors (Lipinski definition) is 0. The average molecular weight is 326 g/mol. The van der Waals surface area contributed by atoms with Crippen LogP contribution in [0, 0.1) is 16.0 Å². The van der Waals surface area contributed by atoms with Crippen molar-refractivity contribution in [1.29, 1.82) is 0 Å². The van der Waals surface area contributed by atoms with E-state index in [0.29, 0.717) is 16.0 Å². The fourth-order valence-corrected chi connectivity index (χ4v) is 5.13. The number of para-hydroxylation sites is 1. The van der Waals surface area contributed by atoms with Gasteiger partial charge in [0.1, 0.15) is 0 Å². The van der Waals surface area contributed by atoms with Gasteiger partial charge < -0.3 is 0 Å². The number of hydrogen-bond acceptors (Lipinski definition) is 3. The normalized spacial score (nSPS) is 29.4. The van der Waals surface area contributed by atoms with Gasteiger partial charge in [-0.3, -0.25) is 10.1 Å². The molecule has 0 N–H and O–H groups in total. The number of allylic oxidation sites excluding steroid dienone is 1. The van der Waals surface area contributed by atoms with E-state index in [4.69, 9.17) is 0 Å². The van der Waals surface area contributed by atoms with Crippen LogP contribution in [0.15, 0.2) is 40.8 Å². The van der Waals surface area contributed by atoms with Crippen molar-refractivity contribution in [1.82, 2.24) is 0 Å². The van der Waals surface area contributed by atoms with E-state index >= 15 is 0 Å². The van der Waals surface area contributed by atoms with Gasteiger partial charge in [0.25, 0.3) is 5.69 Å². The zero-order chi connectivity index (χ0) is 12.7. The summed E-state index contributed by atoms with van der Waals surface area (Å²) in [6.45, 7) is 0. The van der Waals surface area contributed by atoms with E-state index in [2.05, 4.69) is 22.0 Å². The van der Waals surface area contributed by atoms with Crippen molar-refractivity contribution in [2.75, 3.05) is 0 Å². The molecule has 0 saturated heterocycles. The van der Waals surface area contributed by atoms with E-state index in [-0.39, 0.29) is 10.6 Å². The molecule has 1 aromatic rings. The van der Waals surface area contributed by atoms with Crippen LogP contribution in [0.4, 0.5) is 5.69 Å². The van der Waals surface area contributed by atoms with Crippen LogP contribution < -0.4 is 0 Å². The minimum absolute atomic E-state index is 0.213. The van der Waals surface area contributed by atoms with Crippen LogP contribution in [-0.2, 0) is 0 Å². The maximum atomic E-state index is 11.0. The highest BCUT2D eigenvalue weighted by Gasteiger charge is 2.41. The largest absolute Gasteiger partial charge is 0.282 e. The second-order valence-electron chi connectivity index (χ2n) is 4.65. The molecule has 0 fully saturated rings. The fourth-order valence-electron chi connectivity index (χ4n) is 2.68. The van der Waals surface area contributed by atoms with E-state index in [0.717, 1.165) is 11.3 Å². The number of nitro benzene ring substituents is 1. The first kappa shape index (κ1) is 12.2. The molecular formula is C13H12BrNO2S. The Morgan fingerprint density at radius 3 is 2.83 bits per heavy atom. The first-order valence-electron chi connectivity index (χ1n) is 5.91. The van der Waals surface area contributed by atoms with Gasteiger partial charge in [0.2, 0.25) is 0 Å². The Labute approximate surface area is 118 Å². The zero-order valence-electron chi connectivity index (χ0n) is 9.58. The summed E-state index contributed by atoms with van der Waals surface area (Å²) in [7, 11) is 0. The van der Waals surface area contributed by atoms with E-state index in [1.54, 1.807) is 23.9 Å². The van der Waals surface area contributed by atoms with Gasteiger partial charge in [0.05, 0.1) is 9.82 Å². The molecule has 0 saturated carbocycles. The lowest BCUT2D eigenvalue weighted by Crippen LogP contribution is -2.23. The zero-order valence-corrected chi connectivity index (χ0v) is 12.0. The number of halogens is 1. The molecule has 0 amide bonds. The molecule has 2 bridgehead atoms. The van der Waals surface area contributed by atoms with Crippen LogP contribution in [0.5, 0.6) is 0 Å². The number of rotatable bonds is 3. The summed E-state index contributed by atoms with van der Waals surface area (Å²) in [5, 5.41) is 11.4. The van der Waals surface area contributed by atoms with Gasteiger partial charge in [-0.1, -0.05) is 39.7 Å². The van der Waals surface area contributed by atoms with Gasteiger partial charge in [0, 0.05) is 16.1 Å². The Kier molecular flexibility index (Phi) is 3.20. The highest BCUT2D eigenvalue weighted by atomic mass is 79.9. The van der Waals surface area contributed by atoms with Gasteiger partial charge in [-0.2, -0.15) is 0 Å². The van der Waals surface area contributed by atoms with Gasteiger partial charge in [-0.05, 0) is 24.8 Å². The molecule has 5 heteroatoms. The average Bonchev–Trinajstić information content (AvgIpc) is 2.93. The Morgan fingerprint density at radius 1 is 1.39 bits per heavy atom. The lowest BCUT2D eigenvalue weighted by molar-refractivity contribution is -0.387. The highest BCUT2D eigenvalue weighted by Crippen LogP contribution is 2.50. The monoisotopic (exact) mass is 325 g/mol. The highest BCUT2D eigenvalue weighted by molar-refractivity contribution is 9.09. The van der Waals surface area contributed by atoms with Crippen LogP contribution in [0.3, 0.4) is 0 Å². The van der Waals surface area contributed by atoms with Crippen molar-refractivity contribution < 1.29 is 4.92 Å². The summed E-state index contributed by atoms with van der Waals surface area (Å²) < 4.78 is 0. The second kappa shape index (κ2) is 4.70. The molecule has 3 rings (SSSR count). The fraction of sp³-hybridized carbons (Fsp3) is 0.385. The molecule has 0 aliphatic heterocycles. The van der Waals surface area contributed by atoms with E-state index in [1.807, 2.05) is 12.1 Å². The van der Waals surface area contributed by atoms with Gasteiger partial charge in [-0.15, -0.1) is 11.8 Å². The molecular weight excluding hydrogens is 314 g/mol. The minimum atomic E-state index is -0.298. The Hall–Kier alpha value is -0.810. The molecule has 3 nitrogen and oxygen atoms in total. The molecule has 2 aliphatic carbocycles. The standard InChI is InChI=1S/C13H12BrNO2S/c14-12-8-5-6-9(7-8)13(12)18-11-4-2-1-3-10(11)15(16)17/h1-4,7-8,12-13H,5-6H2/t8-,12-,13+/m1/s1. The summed E-state index contributed by atoms with van der Waals surface area (Å²) >= 11 is 5.36. The Balaban J connectivity index is 1.85. The number of nitrogens with zero attached hydrogens (tertiary/aromatic N) is 1. The third-order valence-corrected chi connectivity index (χ3v) is 6.58. The van der Waals surface area contributed by atoms with Crippen molar-refractivity contribution in [2.45, 2.75) is 27.8 Å². The molecule has 0 radical (unpaired) electrons. The van der Waals surface area contributed by atoms with Crippen molar-refractivity contribution in [3.05, 3.63) is 46.0 Å². The molecule has 0 spiro atoms. The number of alkyl halides is 1. The molecule has 2 aliphatic rings. The van der Waals surface area contributed by atoms with E-state index < -0.39 is 0 Å². The van der Waals surface area contributed by atoms with Crippen molar-refractivity contribution >= 4 is 33.4 Å². The van der Waals surface area contributed by atoms with E-state index in [1.165, 1.54) is 12.0 Å². The maximum absolute atomic E-state index is 11.0. The third kappa shape index (κ3) is 1.99. The molecule has 0 heterocycles.